The van der Waals surface area contributed by atoms with Gasteiger partial charge in [-0.2, -0.15) is 0 Å². The first-order chi connectivity index (χ1) is 7.82. The average molecular weight is 237 g/mol. The molecule has 1 atom stereocenters. The van der Waals surface area contributed by atoms with Crippen LogP contribution < -0.4 is 11.1 Å². The Morgan fingerprint density at radius 3 is 2.53 bits per heavy atom. The summed E-state index contributed by atoms with van der Waals surface area (Å²) in [6, 6.07) is 0.873. The van der Waals surface area contributed by atoms with Crippen molar-refractivity contribution in [3.8, 4) is 0 Å². The highest BCUT2D eigenvalue weighted by Crippen LogP contribution is 2.18. The van der Waals surface area contributed by atoms with Crippen LogP contribution in [0.2, 0.25) is 0 Å². The predicted molar refractivity (Wildman–Crippen MR) is 62.9 cm³/mol. The number of nitrogens with two attached hydrogens (primary N) is 1. The van der Waals surface area contributed by atoms with Gasteiger partial charge < -0.3 is 16.2 Å². The normalized spacial score (nSPS) is 11.9. The maximum Gasteiger partial charge on any atom is 0.325 e. The van der Waals surface area contributed by atoms with Crippen molar-refractivity contribution in [1.29, 1.82) is 0 Å². The topological polar surface area (TPSA) is 105 Å². The zero-order valence-electron chi connectivity index (χ0n) is 9.94. The van der Waals surface area contributed by atoms with E-state index in [9.17, 15) is 9.59 Å². The maximum absolute atomic E-state index is 11.3. The van der Waals surface area contributed by atoms with E-state index in [0.29, 0.717) is 11.3 Å². The van der Waals surface area contributed by atoms with E-state index in [0.717, 1.165) is 0 Å². The molecule has 0 saturated heterocycles. The van der Waals surface area contributed by atoms with Crippen molar-refractivity contribution < 1.29 is 14.7 Å². The third kappa shape index (κ3) is 2.93. The molecule has 0 aliphatic rings. The molecular weight excluding hydrogens is 222 g/mol. The molecule has 1 aromatic rings. The van der Waals surface area contributed by atoms with E-state index in [4.69, 9.17) is 10.8 Å². The monoisotopic (exact) mass is 237 g/mol. The Bertz CT molecular complexity index is 471. The molecule has 0 aliphatic carbocycles. The highest BCUT2D eigenvalue weighted by Gasteiger charge is 2.18. The van der Waals surface area contributed by atoms with Gasteiger partial charge in [0.1, 0.15) is 11.9 Å². The molecule has 1 amide bonds. The number of carbonyl (C=O) groups is 2. The number of hydrogen-bond acceptors (Lipinski definition) is 4. The summed E-state index contributed by atoms with van der Waals surface area (Å²) in [6.07, 6.45) is 0. The van der Waals surface area contributed by atoms with Crippen molar-refractivity contribution in [3.63, 3.8) is 0 Å². The Labute approximate surface area is 98.8 Å². The predicted octanol–water partition coefficient (Wildman–Crippen LogP) is 0.682. The minimum absolute atomic E-state index is 0.213. The summed E-state index contributed by atoms with van der Waals surface area (Å²) in [7, 11) is 0. The van der Waals surface area contributed by atoms with E-state index in [2.05, 4.69) is 10.3 Å². The van der Waals surface area contributed by atoms with Gasteiger partial charge in [-0.15, -0.1) is 0 Å². The fourth-order valence-corrected chi connectivity index (χ4v) is 1.52. The summed E-state index contributed by atoms with van der Waals surface area (Å²) in [5, 5.41) is 11.5. The van der Waals surface area contributed by atoms with Gasteiger partial charge in [0, 0.05) is 5.69 Å². The zero-order chi connectivity index (χ0) is 13.2. The van der Waals surface area contributed by atoms with Crippen molar-refractivity contribution >= 4 is 17.7 Å². The summed E-state index contributed by atoms with van der Waals surface area (Å²) < 4.78 is 0. The van der Waals surface area contributed by atoms with Crippen LogP contribution in [0.15, 0.2) is 6.07 Å². The number of pyridine rings is 1. The Morgan fingerprint density at radius 2 is 2.06 bits per heavy atom. The lowest BCUT2D eigenvalue weighted by Crippen LogP contribution is -2.28. The van der Waals surface area contributed by atoms with E-state index in [-0.39, 0.29) is 11.4 Å². The van der Waals surface area contributed by atoms with Gasteiger partial charge in [-0.1, -0.05) is 0 Å². The van der Waals surface area contributed by atoms with Crippen molar-refractivity contribution in [2.45, 2.75) is 26.8 Å². The standard InChI is InChI=1S/C11H15N3O3/c1-5-4-6(2)13-10(8(5)9(12)15)14-7(3)11(16)17/h4,7H,1-3H3,(H2,12,15)(H,13,14)(H,16,17). The van der Waals surface area contributed by atoms with Gasteiger partial charge in [-0.25, -0.2) is 4.98 Å². The first kappa shape index (κ1) is 13.0. The number of anilines is 1. The molecule has 0 bridgehead atoms. The van der Waals surface area contributed by atoms with Gasteiger partial charge in [0.2, 0.25) is 0 Å². The molecular formula is C11H15N3O3. The van der Waals surface area contributed by atoms with Gasteiger partial charge in [-0.05, 0) is 32.4 Å². The molecule has 1 heterocycles. The smallest absolute Gasteiger partial charge is 0.325 e. The van der Waals surface area contributed by atoms with Crippen LogP contribution in [0, 0.1) is 13.8 Å². The second-order valence-electron chi connectivity index (χ2n) is 3.87. The summed E-state index contributed by atoms with van der Waals surface area (Å²) >= 11 is 0. The number of carboxylic acid groups (broad SMARTS) is 1. The van der Waals surface area contributed by atoms with Crippen LogP contribution in [0.3, 0.4) is 0 Å². The zero-order valence-corrected chi connectivity index (χ0v) is 9.94. The quantitative estimate of drug-likeness (QED) is 0.714. The largest absolute Gasteiger partial charge is 0.480 e. The van der Waals surface area contributed by atoms with Gasteiger partial charge in [0.25, 0.3) is 5.91 Å². The number of aliphatic carboxylic acids is 1. The highest BCUT2D eigenvalue weighted by atomic mass is 16.4. The van der Waals surface area contributed by atoms with Gasteiger partial charge in [0.15, 0.2) is 0 Å². The van der Waals surface area contributed by atoms with Gasteiger partial charge >= 0.3 is 5.97 Å². The minimum atomic E-state index is -1.03. The van der Waals surface area contributed by atoms with Crippen LogP contribution in [-0.4, -0.2) is 28.0 Å². The lowest BCUT2D eigenvalue weighted by Gasteiger charge is -2.15. The van der Waals surface area contributed by atoms with E-state index < -0.39 is 17.9 Å². The first-order valence-electron chi connectivity index (χ1n) is 5.10. The Balaban J connectivity index is 3.21. The van der Waals surface area contributed by atoms with Crippen molar-refractivity contribution in [2.75, 3.05) is 5.32 Å². The SMILES string of the molecule is Cc1cc(C)c(C(N)=O)c(NC(C)C(=O)O)n1. The van der Waals surface area contributed by atoms with Gasteiger partial charge in [-0.3, -0.25) is 9.59 Å². The molecule has 6 nitrogen and oxygen atoms in total. The van der Waals surface area contributed by atoms with Crippen LogP contribution in [0.1, 0.15) is 28.5 Å². The van der Waals surface area contributed by atoms with Crippen LogP contribution in [0.5, 0.6) is 0 Å². The number of carboxylic acids is 1. The fraction of sp³-hybridized carbons (Fsp3) is 0.364. The highest BCUT2D eigenvalue weighted by molar-refractivity contribution is 5.99. The Morgan fingerprint density at radius 1 is 1.47 bits per heavy atom. The van der Waals surface area contributed by atoms with E-state index in [1.807, 2.05) is 0 Å². The lowest BCUT2D eigenvalue weighted by atomic mass is 10.1. The summed E-state index contributed by atoms with van der Waals surface area (Å²) in [5.41, 5.74) is 6.84. The Hall–Kier alpha value is -2.11. The van der Waals surface area contributed by atoms with Crippen LogP contribution >= 0.6 is 0 Å². The fourth-order valence-electron chi connectivity index (χ4n) is 1.52. The number of nitrogens with one attached hydrogen (secondary N) is 1. The molecule has 0 radical (unpaired) electrons. The van der Waals surface area contributed by atoms with E-state index >= 15 is 0 Å². The third-order valence-electron chi connectivity index (χ3n) is 2.31. The molecule has 17 heavy (non-hydrogen) atoms. The van der Waals surface area contributed by atoms with E-state index in [1.54, 1.807) is 19.9 Å². The van der Waals surface area contributed by atoms with Crippen LogP contribution in [-0.2, 0) is 4.79 Å². The van der Waals surface area contributed by atoms with Gasteiger partial charge in [0.05, 0.1) is 5.56 Å². The van der Waals surface area contributed by atoms with Crippen LogP contribution in [0.4, 0.5) is 5.82 Å². The van der Waals surface area contributed by atoms with Crippen molar-refractivity contribution in [3.05, 3.63) is 22.9 Å². The molecule has 1 unspecified atom stereocenters. The van der Waals surface area contributed by atoms with Crippen molar-refractivity contribution in [2.24, 2.45) is 5.73 Å². The first-order valence-corrected chi connectivity index (χ1v) is 5.10. The summed E-state index contributed by atoms with van der Waals surface area (Å²) in [4.78, 5) is 26.2. The molecule has 0 spiro atoms. The molecule has 1 rings (SSSR count). The second-order valence-corrected chi connectivity index (χ2v) is 3.87. The lowest BCUT2D eigenvalue weighted by molar-refractivity contribution is -0.137. The number of aromatic nitrogens is 1. The average Bonchev–Trinajstić information content (AvgIpc) is 2.14. The molecule has 6 heteroatoms. The molecule has 0 saturated carbocycles. The molecule has 92 valence electrons. The number of aryl methyl sites for hydroxylation is 2. The van der Waals surface area contributed by atoms with E-state index in [1.165, 1.54) is 6.92 Å². The number of amides is 1. The summed E-state index contributed by atoms with van der Waals surface area (Å²) in [6.45, 7) is 4.95. The molecule has 0 aromatic carbocycles. The number of nitrogens with zero attached hydrogens (tertiary/aromatic N) is 1. The Kier molecular flexibility index (Phi) is 3.67. The molecule has 4 N–H and O–H groups in total. The number of rotatable bonds is 4. The second kappa shape index (κ2) is 4.82. The van der Waals surface area contributed by atoms with Crippen molar-refractivity contribution in [1.82, 2.24) is 4.98 Å². The minimum Gasteiger partial charge on any atom is -0.480 e. The maximum atomic E-state index is 11.3. The molecule has 1 aromatic heterocycles. The number of carbonyl (C=O) groups excluding carboxylic acids is 1. The number of hydrogen-bond donors (Lipinski definition) is 3. The number of primary amides is 1. The molecule has 0 fully saturated rings. The third-order valence-corrected chi connectivity index (χ3v) is 2.31. The summed E-state index contributed by atoms with van der Waals surface area (Å²) in [5.74, 6) is -1.44. The molecule has 0 aliphatic heterocycles. The van der Waals surface area contributed by atoms with Crippen LogP contribution in [0.25, 0.3) is 0 Å².